The van der Waals surface area contributed by atoms with E-state index >= 15 is 0 Å². The summed E-state index contributed by atoms with van der Waals surface area (Å²) in [6, 6.07) is -0.567. The number of sulfonamides is 1. The molecule has 0 radical (unpaired) electrons. The first-order valence-corrected chi connectivity index (χ1v) is 13.4. The van der Waals surface area contributed by atoms with Gasteiger partial charge in [0, 0.05) is 16.5 Å². The lowest BCUT2D eigenvalue weighted by molar-refractivity contribution is 0.429. The number of hydrogen-bond donors (Lipinski definition) is 2. The molecule has 2 aliphatic carbocycles. The number of rotatable bonds is 6. The number of halogens is 1. The Morgan fingerprint density at radius 1 is 1.38 bits per heavy atom. The lowest BCUT2D eigenvalue weighted by Crippen LogP contribution is -2.51. The van der Waals surface area contributed by atoms with Crippen LogP contribution in [0.1, 0.15) is 50.8 Å². The number of aromatic hydroxyl groups is 1. The molecule has 0 saturated carbocycles. The summed E-state index contributed by atoms with van der Waals surface area (Å²) < 4.78 is 31.9. The van der Waals surface area contributed by atoms with E-state index in [1.54, 1.807) is 12.2 Å². The van der Waals surface area contributed by atoms with Crippen LogP contribution in [-0.2, 0) is 23.0 Å². The quantitative estimate of drug-likeness (QED) is 0.402. The van der Waals surface area contributed by atoms with Crippen LogP contribution in [0.15, 0.2) is 42.6 Å². The van der Waals surface area contributed by atoms with Crippen molar-refractivity contribution in [3.8, 4) is 5.75 Å². The molecule has 1 aliphatic heterocycles. The van der Waals surface area contributed by atoms with Crippen molar-refractivity contribution in [2.75, 3.05) is 0 Å². The number of aromatic nitrogens is 2. The summed E-state index contributed by atoms with van der Waals surface area (Å²) in [5.74, 6) is -0.0608. The van der Waals surface area contributed by atoms with Gasteiger partial charge in [0.05, 0.1) is 6.04 Å². The van der Waals surface area contributed by atoms with Gasteiger partial charge in [0.15, 0.2) is 11.6 Å². The van der Waals surface area contributed by atoms with E-state index in [1.165, 1.54) is 4.68 Å². The van der Waals surface area contributed by atoms with Crippen molar-refractivity contribution in [2.24, 2.45) is 10.3 Å². The SMILES string of the molecule is CC(C)CCn1nc(CC2=CCCC2)c(O)c(C2=NS(=O)(=O)C3C=C(I)C=CC3N2)c1=O. The molecule has 2 unspecified atom stereocenters. The topological polar surface area (TPSA) is 114 Å². The van der Waals surface area contributed by atoms with Gasteiger partial charge in [0.1, 0.15) is 16.5 Å². The largest absolute Gasteiger partial charge is 0.505 e. The summed E-state index contributed by atoms with van der Waals surface area (Å²) in [6.07, 6.45) is 11.5. The van der Waals surface area contributed by atoms with Crippen LogP contribution in [0, 0.1) is 5.92 Å². The standard InChI is InChI=1S/C22H27IN4O4S/c1-13(2)9-10-27-22(29)19(20(28)17(25-27)11-14-5-3-4-6-14)21-24-16-8-7-15(23)12-18(16)32(30,31)26-21/h5,7-8,12-13,16,18,28H,3-4,6,9-11H2,1-2H3,(H,24,26). The van der Waals surface area contributed by atoms with Crippen molar-refractivity contribution in [3.05, 3.63) is 55.1 Å². The van der Waals surface area contributed by atoms with Crippen LogP contribution in [0.2, 0.25) is 0 Å². The molecule has 4 rings (SSSR count). The van der Waals surface area contributed by atoms with Crippen LogP contribution in [0.5, 0.6) is 5.75 Å². The molecule has 0 aromatic carbocycles. The molecular weight excluding hydrogens is 543 g/mol. The summed E-state index contributed by atoms with van der Waals surface area (Å²) in [5, 5.41) is 17.7. The van der Waals surface area contributed by atoms with Gasteiger partial charge in [-0.25, -0.2) is 13.1 Å². The zero-order valence-electron chi connectivity index (χ0n) is 18.1. The van der Waals surface area contributed by atoms with Gasteiger partial charge in [-0.2, -0.15) is 5.10 Å². The summed E-state index contributed by atoms with van der Waals surface area (Å²) in [7, 11) is -3.92. The Morgan fingerprint density at radius 2 is 2.16 bits per heavy atom. The molecule has 2 N–H and O–H groups in total. The van der Waals surface area contributed by atoms with Crippen molar-refractivity contribution >= 4 is 38.4 Å². The highest BCUT2D eigenvalue weighted by Gasteiger charge is 2.39. The van der Waals surface area contributed by atoms with Crippen molar-refractivity contribution in [1.29, 1.82) is 0 Å². The van der Waals surface area contributed by atoms with Gasteiger partial charge >= 0.3 is 0 Å². The number of amidine groups is 1. The van der Waals surface area contributed by atoms with Gasteiger partial charge in [-0.3, -0.25) is 4.79 Å². The fourth-order valence-electron chi connectivity index (χ4n) is 4.10. The second kappa shape index (κ2) is 9.12. The van der Waals surface area contributed by atoms with E-state index in [0.717, 1.165) is 34.8 Å². The third-order valence-corrected chi connectivity index (χ3v) is 8.16. The Balaban J connectivity index is 1.82. The first-order valence-electron chi connectivity index (χ1n) is 10.8. The molecule has 1 aromatic heterocycles. The highest BCUT2D eigenvalue weighted by molar-refractivity contribution is 14.1. The average molecular weight is 570 g/mol. The van der Waals surface area contributed by atoms with E-state index in [9.17, 15) is 18.3 Å². The molecule has 0 fully saturated rings. The van der Waals surface area contributed by atoms with E-state index < -0.39 is 26.9 Å². The summed E-state index contributed by atoms with van der Waals surface area (Å²) in [4.78, 5) is 13.3. The highest BCUT2D eigenvalue weighted by Crippen LogP contribution is 2.30. The molecular formula is C22H27IN4O4S. The Bertz CT molecular complexity index is 1210. The van der Waals surface area contributed by atoms with Gasteiger partial charge in [-0.05, 0) is 60.3 Å². The van der Waals surface area contributed by atoms with Crippen molar-refractivity contribution in [3.63, 3.8) is 0 Å². The monoisotopic (exact) mass is 570 g/mol. The molecule has 0 spiro atoms. The summed E-state index contributed by atoms with van der Waals surface area (Å²) in [6.45, 7) is 4.49. The molecule has 0 saturated heterocycles. The Labute approximate surface area is 201 Å². The minimum atomic E-state index is -3.92. The first-order chi connectivity index (χ1) is 15.2. The molecule has 2 atom stereocenters. The fourth-order valence-corrected chi connectivity index (χ4v) is 6.31. The molecule has 8 nitrogen and oxygen atoms in total. The fraction of sp³-hybridized carbons (Fsp3) is 0.500. The maximum Gasteiger partial charge on any atom is 0.281 e. The van der Waals surface area contributed by atoms with Crippen LogP contribution < -0.4 is 10.9 Å². The molecule has 3 aliphatic rings. The van der Waals surface area contributed by atoms with Gasteiger partial charge < -0.3 is 10.4 Å². The van der Waals surface area contributed by atoms with Crippen LogP contribution in [0.4, 0.5) is 0 Å². The average Bonchev–Trinajstić information content (AvgIpc) is 3.22. The van der Waals surface area contributed by atoms with Crippen molar-refractivity contribution < 1.29 is 13.5 Å². The first kappa shape index (κ1) is 23.2. The van der Waals surface area contributed by atoms with E-state index in [-0.39, 0.29) is 17.1 Å². The zero-order valence-corrected chi connectivity index (χ0v) is 21.1. The normalized spacial score (nSPS) is 23.9. The number of aryl methyl sites for hydroxylation is 1. The molecule has 0 bridgehead atoms. The predicted molar refractivity (Wildman–Crippen MR) is 133 cm³/mol. The lowest BCUT2D eigenvalue weighted by atomic mass is 10.0. The van der Waals surface area contributed by atoms with E-state index in [1.807, 2.05) is 6.08 Å². The lowest BCUT2D eigenvalue weighted by Gasteiger charge is -2.30. The Hall–Kier alpha value is -1.95. The Morgan fingerprint density at radius 3 is 2.84 bits per heavy atom. The Kier molecular flexibility index (Phi) is 6.62. The summed E-state index contributed by atoms with van der Waals surface area (Å²) >= 11 is 2.06. The molecule has 2 heterocycles. The molecule has 0 amide bonds. The predicted octanol–water partition coefficient (Wildman–Crippen LogP) is 2.95. The third kappa shape index (κ3) is 4.70. The van der Waals surface area contributed by atoms with Gasteiger partial charge in [0.25, 0.3) is 15.6 Å². The van der Waals surface area contributed by atoms with Crippen LogP contribution in [0.3, 0.4) is 0 Å². The number of allylic oxidation sites excluding steroid dienone is 4. The van der Waals surface area contributed by atoms with Crippen LogP contribution in [-0.4, -0.2) is 40.4 Å². The second-order valence-corrected chi connectivity index (χ2v) is 11.8. The number of fused-ring (bicyclic) bond motifs is 1. The van der Waals surface area contributed by atoms with E-state index in [0.29, 0.717) is 24.6 Å². The minimum absolute atomic E-state index is 0.119. The number of nitrogens with one attached hydrogen (secondary N) is 1. The van der Waals surface area contributed by atoms with Gasteiger partial charge in [0.2, 0.25) is 0 Å². The maximum absolute atomic E-state index is 13.3. The summed E-state index contributed by atoms with van der Waals surface area (Å²) in [5.41, 5.74) is 0.859. The second-order valence-electron chi connectivity index (χ2n) is 8.81. The third-order valence-electron chi connectivity index (χ3n) is 5.89. The zero-order chi connectivity index (χ0) is 23.0. The van der Waals surface area contributed by atoms with Gasteiger partial charge in [-0.1, -0.05) is 37.6 Å². The number of nitrogens with zero attached hydrogens (tertiary/aromatic N) is 3. The maximum atomic E-state index is 13.3. The minimum Gasteiger partial charge on any atom is -0.505 e. The van der Waals surface area contributed by atoms with E-state index in [4.69, 9.17) is 0 Å². The van der Waals surface area contributed by atoms with Crippen LogP contribution >= 0.6 is 22.6 Å². The number of hydrogen-bond acceptors (Lipinski definition) is 6. The van der Waals surface area contributed by atoms with Gasteiger partial charge in [-0.15, -0.1) is 4.40 Å². The van der Waals surface area contributed by atoms with Crippen LogP contribution in [0.25, 0.3) is 0 Å². The molecule has 1 aromatic rings. The molecule has 10 heteroatoms. The molecule has 32 heavy (non-hydrogen) atoms. The van der Waals surface area contributed by atoms with Crippen molar-refractivity contribution in [1.82, 2.24) is 15.1 Å². The van der Waals surface area contributed by atoms with Crippen molar-refractivity contribution in [2.45, 2.75) is 63.8 Å². The highest BCUT2D eigenvalue weighted by atomic mass is 127. The molecule has 172 valence electrons. The van der Waals surface area contributed by atoms with E-state index in [2.05, 4.69) is 57.3 Å². The smallest absolute Gasteiger partial charge is 0.281 e.